The number of carbonyl (C=O) groups is 1. The molecule has 4 aromatic heterocycles. The summed E-state index contributed by atoms with van der Waals surface area (Å²) in [6.07, 6.45) is 5.45. The van der Waals surface area contributed by atoms with E-state index in [0.29, 0.717) is 36.5 Å². The normalized spacial score (nSPS) is 17.0. The smallest absolute Gasteiger partial charge is 0.410 e. The second-order valence-electron chi connectivity index (χ2n) is 8.69. The minimum Gasteiger partial charge on any atom is -0.444 e. The molecule has 10 heteroatoms. The van der Waals surface area contributed by atoms with Crippen molar-refractivity contribution in [3.05, 3.63) is 47.3 Å². The molecular formula is C21H23N7O3. The van der Waals surface area contributed by atoms with Gasteiger partial charge in [-0.1, -0.05) is 6.07 Å². The van der Waals surface area contributed by atoms with Gasteiger partial charge in [0, 0.05) is 19.3 Å². The topological polar surface area (TPSA) is 110 Å². The Morgan fingerprint density at radius 3 is 2.90 bits per heavy atom. The number of imidazole rings is 1. The van der Waals surface area contributed by atoms with E-state index >= 15 is 0 Å². The molecule has 0 saturated carbocycles. The summed E-state index contributed by atoms with van der Waals surface area (Å²) in [5, 5.41) is 4.34. The Labute approximate surface area is 177 Å². The van der Waals surface area contributed by atoms with Crippen molar-refractivity contribution in [1.29, 1.82) is 0 Å². The minimum atomic E-state index is -0.566. The fraction of sp³-hybridized carbons (Fsp3) is 0.381. The molecule has 4 aromatic rings. The zero-order valence-corrected chi connectivity index (χ0v) is 17.6. The van der Waals surface area contributed by atoms with Gasteiger partial charge in [0.1, 0.15) is 11.1 Å². The fourth-order valence-corrected chi connectivity index (χ4v) is 3.94. The molecule has 1 fully saturated rings. The van der Waals surface area contributed by atoms with Gasteiger partial charge in [0.15, 0.2) is 11.5 Å². The van der Waals surface area contributed by atoms with Crippen molar-refractivity contribution in [3.8, 4) is 11.4 Å². The number of likely N-dealkylation sites (tertiary alicyclic amines) is 1. The van der Waals surface area contributed by atoms with E-state index in [0.717, 1.165) is 11.1 Å². The monoisotopic (exact) mass is 421 g/mol. The number of nitrogens with one attached hydrogen (secondary N) is 1. The Morgan fingerprint density at radius 2 is 2.10 bits per heavy atom. The van der Waals surface area contributed by atoms with Gasteiger partial charge in [-0.05, 0) is 39.3 Å². The molecule has 1 atom stereocenters. The van der Waals surface area contributed by atoms with Crippen molar-refractivity contribution >= 4 is 22.8 Å². The number of hydrogen-bond donors (Lipinski definition) is 1. The predicted octanol–water partition coefficient (Wildman–Crippen LogP) is 2.62. The second kappa shape index (κ2) is 6.93. The molecule has 1 aliphatic rings. The van der Waals surface area contributed by atoms with Gasteiger partial charge in [0.25, 0.3) is 0 Å². The van der Waals surface area contributed by atoms with Gasteiger partial charge in [0.05, 0.1) is 29.5 Å². The van der Waals surface area contributed by atoms with Crippen LogP contribution in [0.15, 0.2) is 41.6 Å². The first-order valence-electron chi connectivity index (χ1n) is 10.2. The van der Waals surface area contributed by atoms with E-state index in [2.05, 4.69) is 15.1 Å². The molecule has 0 radical (unpaired) electrons. The summed E-state index contributed by atoms with van der Waals surface area (Å²) < 4.78 is 8.85. The van der Waals surface area contributed by atoms with Crippen LogP contribution >= 0.6 is 0 Å². The highest BCUT2D eigenvalue weighted by Gasteiger charge is 2.32. The van der Waals surface area contributed by atoms with E-state index in [9.17, 15) is 9.59 Å². The number of fused-ring (bicyclic) bond motifs is 2. The van der Waals surface area contributed by atoms with E-state index in [1.54, 1.807) is 26.4 Å². The Hall–Kier alpha value is -3.69. The zero-order chi connectivity index (χ0) is 21.8. The van der Waals surface area contributed by atoms with E-state index in [4.69, 9.17) is 9.72 Å². The number of H-pyrrole nitrogens is 1. The zero-order valence-electron chi connectivity index (χ0n) is 17.6. The summed E-state index contributed by atoms with van der Waals surface area (Å²) in [5.41, 5.74) is 1.90. The van der Waals surface area contributed by atoms with Crippen LogP contribution in [-0.4, -0.2) is 58.8 Å². The first kappa shape index (κ1) is 19.3. The van der Waals surface area contributed by atoms with Crippen LogP contribution in [0, 0.1) is 0 Å². The standard InChI is InChI=1S/C21H23N7O3/c1-21(2,3)31-20(30)26-9-7-13(12-26)28-18-15(24-19(28)29)11-22-17(25-18)14-10-23-27-8-5-4-6-16(14)27/h4-6,8,10-11,13H,7,9,12H2,1-3H3,(H,24,29). The van der Waals surface area contributed by atoms with Gasteiger partial charge in [-0.3, -0.25) is 4.57 Å². The Kier molecular flexibility index (Phi) is 4.31. The maximum Gasteiger partial charge on any atom is 0.410 e. The maximum atomic E-state index is 12.7. The summed E-state index contributed by atoms with van der Waals surface area (Å²) >= 11 is 0. The molecule has 1 N–H and O–H groups in total. The van der Waals surface area contributed by atoms with Crippen molar-refractivity contribution in [1.82, 2.24) is 34.0 Å². The quantitative estimate of drug-likeness (QED) is 0.533. The molecule has 31 heavy (non-hydrogen) atoms. The average Bonchev–Trinajstić information content (AvgIpc) is 3.42. The van der Waals surface area contributed by atoms with Crippen LogP contribution in [0.4, 0.5) is 4.79 Å². The van der Waals surface area contributed by atoms with Gasteiger partial charge in [0.2, 0.25) is 0 Å². The van der Waals surface area contributed by atoms with Crippen LogP contribution in [-0.2, 0) is 4.74 Å². The van der Waals surface area contributed by atoms with E-state index in [1.807, 2.05) is 45.2 Å². The predicted molar refractivity (Wildman–Crippen MR) is 114 cm³/mol. The summed E-state index contributed by atoms with van der Waals surface area (Å²) in [7, 11) is 0. The van der Waals surface area contributed by atoms with Crippen molar-refractivity contribution in [2.75, 3.05) is 13.1 Å². The first-order valence-corrected chi connectivity index (χ1v) is 10.2. The highest BCUT2D eigenvalue weighted by molar-refractivity contribution is 5.79. The van der Waals surface area contributed by atoms with Gasteiger partial charge >= 0.3 is 11.8 Å². The molecule has 1 saturated heterocycles. The van der Waals surface area contributed by atoms with Crippen LogP contribution in [0.3, 0.4) is 0 Å². The molecule has 0 spiro atoms. The minimum absolute atomic E-state index is 0.194. The van der Waals surface area contributed by atoms with Gasteiger partial charge in [-0.25, -0.2) is 24.1 Å². The van der Waals surface area contributed by atoms with Gasteiger partial charge < -0.3 is 14.6 Å². The third-order valence-corrected chi connectivity index (χ3v) is 5.30. The molecule has 1 aliphatic heterocycles. The Balaban J connectivity index is 1.50. The molecule has 0 bridgehead atoms. The second-order valence-corrected chi connectivity index (χ2v) is 8.69. The van der Waals surface area contributed by atoms with Gasteiger partial charge in [-0.2, -0.15) is 5.10 Å². The molecule has 10 nitrogen and oxygen atoms in total. The van der Waals surface area contributed by atoms with Crippen LogP contribution in [0.5, 0.6) is 0 Å². The Bertz CT molecular complexity index is 1340. The van der Waals surface area contributed by atoms with Crippen molar-refractivity contribution < 1.29 is 9.53 Å². The fourth-order valence-electron chi connectivity index (χ4n) is 3.94. The van der Waals surface area contributed by atoms with E-state index in [-0.39, 0.29) is 17.8 Å². The Morgan fingerprint density at radius 1 is 1.26 bits per heavy atom. The van der Waals surface area contributed by atoms with Crippen LogP contribution in [0.1, 0.15) is 33.2 Å². The third kappa shape index (κ3) is 3.43. The number of hydrogen-bond acceptors (Lipinski definition) is 6. The number of rotatable bonds is 2. The number of carbonyl (C=O) groups excluding carboxylic acids is 1. The lowest BCUT2D eigenvalue weighted by molar-refractivity contribution is 0.0289. The molecule has 0 aliphatic carbocycles. The number of amides is 1. The molecule has 1 unspecified atom stereocenters. The summed E-state index contributed by atoms with van der Waals surface area (Å²) in [5.74, 6) is 0.489. The maximum absolute atomic E-state index is 12.7. The lowest BCUT2D eigenvalue weighted by Crippen LogP contribution is -2.36. The molecular weight excluding hydrogens is 398 g/mol. The van der Waals surface area contributed by atoms with Crippen molar-refractivity contribution in [3.63, 3.8) is 0 Å². The summed E-state index contributed by atoms with van der Waals surface area (Å²) in [6, 6.07) is 5.57. The molecule has 0 aromatic carbocycles. The van der Waals surface area contributed by atoms with E-state index in [1.165, 1.54) is 0 Å². The average molecular weight is 421 g/mol. The number of aromatic nitrogens is 6. The lowest BCUT2D eigenvalue weighted by Gasteiger charge is -2.24. The summed E-state index contributed by atoms with van der Waals surface area (Å²) in [4.78, 5) is 38.7. The highest BCUT2D eigenvalue weighted by atomic mass is 16.6. The number of ether oxygens (including phenoxy) is 1. The van der Waals surface area contributed by atoms with Crippen LogP contribution in [0.25, 0.3) is 28.1 Å². The largest absolute Gasteiger partial charge is 0.444 e. The van der Waals surface area contributed by atoms with Crippen LogP contribution < -0.4 is 5.69 Å². The number of aromatic amines is 1. The van der Waals surface area contributed by atoms with Crippen molar-refractivity contribution in [2.45, 2.75) is 38.8 Å². The SMILES string of the molecule is CC(C)(C)OC(=O)N1CCC(n2c(=O)[nH]c3cnc(-c4cnn5ccccc45)nc32)C1. The number of nitrogens with zero attached hydrogens (tertiary/aromatic N) is 6. The lowest BCUT2D eigenvalue weighted by atomic mass is 10.2. The third-order valence-electron chi connectivity index (χ3n) is 5.30. The number of pyridine rings is 1. The summed E-state index contributed by atoms with van der Waals surface area (Å²) in [6.45, 7) is 6.41. The molecule has 1 amide bonds. The molecule has 160 valence electrons. The first-order chi connectivity index (χ1) is 14.8. The molecule has 5 rings (SSSR count). The highest BCUT2D eigenvalue weighted by Crippen LogP contribution is 2.27. The van der Waals surface area contributed by atoms with Gasteiger partial charge in [-0.15, -0.1) is 0 Å². The van der Waals surface area contributed by atoms with E-state index < -0.39 is 5.60 Å². The van der Waals surface area contributed by atoms with Crippen molar-refractivity contribution in [2.24, 2.45) is 0 Å². The molecule has 5 heterocycles. The van der Waals surface area contributed by atoms with Crippen LogP contribution in [0.2, 0.25) is 0 Å².